The van der Waals surface area contributed by atoms with Crippen molar-refractivity contribution in [3.63, 3.8) is 0 Å². The molecular formula is C10H21N3O3S. The van der Waals surface area contributed by atoms with Gasteiger partial charge in [-0.25, -0.2) is 8.42 Å². The molecule has 3 N–H and O–H groups in total. The molecule has 1 saturated heterocycles. The van der Waals surface area contributed by atoms with E-state index in [4.69, 9.17) is 5.73 Å². The summed E-state index contributed by atoms with van der Waals surface area (Å²) in [5.74, 6) is -0.569. The fourth-order valence-corrected chi connectivity index (χ4v) is 3.15. The van der Waals surface area contributed by atoms with Crippen LogP contribution in [0.25, 0.3) is 0 Å². The molecule has 0 aromatic carbocycles. The Morgan fingerprint density at radius 1 is 1.47 bits per heavy atom. The summed E-state index contributed by atoms with van der Waals surface area (Å²) in [5.41, 5.74) is 4.97. The van der Waals surface area contributed by atoms with Gasteiger partial charge in [0.2, 0.25) is 15.9 Å². The van der Waals surface area contributed by atoms with E-state index in [0.717, 1.165) is 30.1 Å². The van der Waals surface area contributed by atoms with Crippen LogP contribution in [0, 0.1) is 0 Å². The van der Waals surface area contributed by atoms with Crippen molar-refractivity contribution in [1.82, 2.24) is 9.62 Å². The van der Waals surface area contributed by atoms with Gasteiger partial charge in [-0.15, -0.1) is 0 Å². The number of carbonyl (C=O) groups excluding carboxylic acids is 1. The van der Waals surface area contributed by atoms with E-state index < -0.39 is 15.9 Å². The predicted octanol–water partition coefficient (Wildman–Crippen LogP) is -0.734. The molecule has 100 valence electrons. The molecule has 1 fully saturated rings. The first-order valence-corrected chi connectivity index (χ1v) is 7.48. The summed E-state index contributed by atoms with van der Waals surface area (Å²) in [6.07, 6.45) is 3.92. The lowest BCUT2D eigenvalue weighted by Gasteiger charge is -2.24. The number of likely N-dealkylation sites (N-methyl/N-ethyl adjacent to an activating group) is 1. The van der Waals surface area contributed by atoms with Gasteiger partial charge in [0.15, 0.2) is 0 Å². The number of hydrogen-bond donors (Lipinski definition) is 2. The third-order valence-corrected chi connectivity index (χ3v) is 4.82. The van der Waals surface area contributed by atoms with Crippen molar-refractivity contribution in [2.24, 2.45) is 5.73 Å². The number of sulfonamides is 1. The number of nitrogens with zero attached hydrogens (tertiary/aromatic N) is 1. The standard InChI is InChI=1S/C10H21N3O3S/c1-13(8-10(11)14)17(15,16)7-5-9-4-2-3-6-12-9/h9,12H,2-8H2,1H3,(H2,11,14). The maximum atomic E-state index is 11.8. The number of nitrogens with two attached hydrogens (primary N) is 1. The molecule has 1 aliphatic rings. The van der Waals surface area contributed by atoms with Crippen LogP contribution in [0.4, 0.5) is 0 Å². The van der Waals surface area contributed by atoms with E-state index in [9.17, 15) is 13.2 Å². The molecule has 7 heteroatoms. The van der Waals surface area contributed by atoms with E-state index in [2.05, 4.69) is 5.32 Å². The summed E-state index contributed by atoms with van der Waals surface area (Å²) in [7, 11) is -1.98. The van der Waals surface area contributed by atoms with Crippen LogP contribution in [-0.4, -0.2) is 50.6 Å². The molecule has 1 unspecified atom stereocenters. The van der Waals surface area contributed by atoms with E-state index >= 15 is 0 Å². The van der Waals surface area contributed by atoms with Crippen molar-refractivity contribution in [1.29, 1.82) is 0 Å². The number of rotatable bonds is 6. The number of piperidine rings is 1. The van der Waals surface area contributed by atoms with Crippen LogP contribution >= 0.6 is 0 Å². The van der Waals surface area contributed by atoms with Gasteiger partial charge in [-0.3, -0.25) is 4.79 Å². The van der Waals surface area contributed by atoms with Crippen molar-refractivity contribution < 1.29 is 13.2 Å². The quantitative estimate of drug-likeness (QED) is 0.660. The van der Waals surface area contributed by atoms with Gasteiger partial charge in [0.25, 0.3) is 0 Å². The molecular weight excluding hydrogens is 242 g/mol. The van der Waals surface area contributed by atoms with Gasteiger partial charge in [0.05, 0.1) is 12.3 Å². The Labute approximate surface area is 103 Å². The molecule has 0 aromatic rings. The monoisotopic (exact) mass is 263 g/mol. The Balaban J connectivity index is 2.40. The number of primary amides is 1. The van der Waals surface area contributed by atoms with E-state index in [-0.39, 0.29) is 18.3 Å². The maximum Gasteiger partial charge on any atom is 0.232 e. The molecule has 1 atom stereocenters. The van der Waals surface area contributed by atoms with Crippen molar-refractivity contribution in [3.05, 3.63) is 0 Å². The van der Waals surface area contributed by atoms with Crippen LogP contribution in [0.15, 0.2) is 0 Å². The number of nitrogens with one attached hydrogen (secondary N) is 1. The second kappa shape index (κ2) is 6.32. The molecule has 0 saturated carbocycles. The van der Waals surface area contributed by atoms with Crippen molar-refractivity contribution in [2.45, 2.75) is 31.7 Å². The van der Waals surface area contributed by atoms with Gasteiger partial charge in [-0.2, -0.15) is 4.31 Å². The Kier molecular flexibility index (Phi) is 5.35. The number of amides is 1. The van der Waals surface area contributed by atoms with Gasteiger partial charge in [0, 0.05) is 13.1 Å². The van der Waals surface area contributed by atoms with Crippen molar-refractivity contribution >= 4 is 15.9 Å². The van der Waals surface area contributed by atoms with E-state index in [0.29, 0.717) is 6.42 Å². The van der Waals surface area contributed by atoms with E-state index in [1.54, 1.807) is 0 Å². The fraction of sp³-hybridized carbons (Fsp3) is 0.900. The Bertz CT molecular complexity index is 350. The van der Waals surface area contributed by atoms with Crippen LogP contribution in [0.3, 0.4) is 0 Å². The Morgan fingerprint density at radius 3 is 2.71 bits per heavy atom. The first-order valence-electron chi connectivity index (χ1n) is 5.87. The molecule has 1 heterocycles. The first-order chi connectivity index (χ1) is 7.92. The van der Waals surface area contributed by atoms with E-state index in [1.807, 2.05) is 0 Å². The number of hydrogen-bond acceptors (Lipinski definition) is 4. The minimum atomic E-state index is -3.36. The summed E-state index contributed by atoms with van der Waals surface area (Å²) in [6.45, 7) is 0.711. The minimum absolute atomic E-state index is 0.0639. The first kappa shape index (κ1) is 14.4. The van der Waals surface area contributed by atoms with Gasteiger partial charge in [-0.1, -0.05) is 6.42 Å². The average molecular weight is 263 g/mol. The minimum Gasteiger partial charge on any atom is -0.369 e. The fourth-order valence-electron chi connectivity index (χ4n) is 1.94. The molecule has 6 nitrogen and oxygen atoms in total. The third-order valence-electron chi connectivity index (χ3n) is 2.99. The number of carbonyl (C=O) groups is 1. The maximum absolute atomic E-state index is 11.8. The van der Waals surface area contributed by atoms with E-state index in [1.165, 1.54) is 7.05 Å². The largest absolute Gasteiger partial charge is 0.369 e. The van der Waals surface area contributed by atoms with Crippen molar-refractivity contribution in [2.75, 3.05) is 25.9 Å². The molecule has 0 aliphatic carbocycles. The van der Waals surface area contributed by atoms with Crippen LogP contribution < -0.4 is 11.1 Å². The highest BCUT2D eigenvalue weighted by Gasteiger charge is 2.22. The summed E-state index contributed by atoms with van der Waals surface area (Å²) in [4.78, 5) is 10.7. The molecule has 0 spiro atoms. The summed E-state index contributed by atoms with van der Waals surface area (Å²) >= 11 is 0. The Hall–Kier alpha value is -0.660. The van der Waals surface area contributed by atoms with Crippen LogP contribution in [0.1, 0.15) is 25.7 Å². The SMILES string of the molecule is CN(CC(N)=O)S(=O)(=O)CCC1CCCCN1. The molecule has 1 aliphatic heterocycles. The van der Waals surface area contributed by atoms with Gasteiger partial charge < -0.3 is 11.1 Å². The van der Waals surface area contributed by atoms with Crippen LogP contribution in [0.5, 0.6) is 0 Å². The highest BCUT2D eigenvalue weighted by Crippen LogP contribution is 2.12. The molecule has 0 radical (unpaired) electrons. The molecule has 1 amide bonds. The van der Waals surface area contributed by atoms with Gasteiger partial charge in [0.1, 0.15) is 0 Å². The second-order valence-corrected chi connectivity index (χ2v) is 6.67. The molecule has 0 bridgehead atoms. The zero-order valence-corrected chi connectivity index (χ0v) is 11.0. The highest BCUT2D eigenvalue weighted by molar-refractivity contribution is 7.89. The lowest BCUT2D eigenvalue weighted by molar-refractivity contribution is -0.118. The smallest absolute Gasteiger partial charge is 0.232 e. The highest BCUT2D eigenvalue weighted by atomic mass is 32.2. The van der Waals surface area contributed by atoms with Crippen LogP contribution in [-0.2, 0) is 14.8 Å². The summed E-state index contributed by atoms with van der Waals surface area (Å²) in [6, 6.07) is 0.278. The third kappa shape index (κ3) is 5.01. The molecule has 17 heavy (non-hydrogen) atoms. The zero-order valence-electron chi connectivity index (χ0n) is 10.2. The molecule has 0 aromatic heterocycles. The zero-order chi connectivity index (χ0) is 12.9. The molecule has 1 rings (SSSR count). The van der Waals surface area contributed by atoms with Gasteiger partial charge >= 0.3 is 0 Å². The average Bonchev–Trinajstić information content (AvgIpc) is 2.27. The predicted molar refractivity (Wildman–Crippen MR) is 65.9 cm³/mol. The van der Waals surface area contributed by atoms with Gasteiger partial charge in [-0.05, 0) is 25.8 Å². The topological polar surface area (TPSA) is 92.5 Å². The summed E-state index contributed by atoms with van der Waals surface area (Å²) < 4.78 is 24.6. The Morgan fingerprint density at radius 2 is 2.18 bits per heavy atom. The van der Waals surface area contributed by atoms with Crippen LogP contribution in [0.2, 0.25) is 0 Å². The van der Waals surface area contributed by atoms with Crippen molar-refractivity contribution in [3.8, 4) is 0 Å². The second-order valence-electron chi connectivity index (χ2n) is 4.47. The summed E-state index contributed by atoms with van der Waals surface area (Å²) in [5, 5.41) is 3.30. The lowest BCUT2D eigenvalue weighted by atomic mass is 10.0. The normalized spacial score (nSPS) is 21.6. The lowest BCUT2D eigenvalue weighted by Crippen LogP contribution is -2.40.